The molecule has 0 bridgehead atoms. The minimum atomic E-state index is -1.12. The Bertz CT molecular complexity index is 449. The molecule has 0 saturated heterocycles. The molecule has 0 spiro atoms. The molecule has 1 atom stereocenters. The van der Waals surface area contributed by atoms with Crippen LogP contribution in [0.1, 0.15) is 30.9 Å². The maximum atomic E-state index is 12.2. The fourth-order valence-corrected chi connectivity index (χ4v) is 1.96. The third kappa shape index (κ3) is 2.88. The van der Waals surface area contributed by atoms with Crippen LogP contribution in [0.25, 0.3) is 0 Å². The van der Waals surface area contributed by atoms with E-state index in [0.717, 1.165) is 12.8 Å². The Morgan fingerprint density at radius 2 is 2.11 bits per heavy atom. The molecule has 1 unspecified atom stereocenters. The number of amides is 1. The van der Waals surface area contributed by atoms with Crippen LogP contribution in [0.3, 0.4) is 0 Å². The molecule has 1 aromatic carbocycles. The van der Waals surface area contributed by atoms with E-state index < -0.39 is 6.10 Å². The summed E-state index contributed by atoms with van der Waals surface area (Å²) in [6.07, 6.45) is 1.13. The van der Waals surface area contributed by atoms with E-state index in [1.165, 1.54) is 0 Å². The predicted molar refractivity (Wildman–Crippen MR) is 66.4 cm³/mol. The van der Waals surface area contributed by atoms with Crippen molar-refractivity contribution in [3.8, 4) is 6.07 Å². The second kappa shape index (κ2) is 5.65. The van der Waals surface area contributed by atoms with Gasteiger partial charge in [-0.3, -0.25) is 4.79 Å². The van der Waals surface area contributed by atoms with Crippen LogP contribution < -0.4 is 0 Å². The van der Waals surface area contributed by atoms with Gasteiger partial charge >= 0.3 is 0 Å². The van der Waals surface area contributed by atoms with Crippen LogP contribution in [0.5, 0.6) is 0 Å². The maximum absolute atomic E-state index is 12.2. The predicted octanol–water partition coefficient (Wildman–Crippen LogP) is 1.62. The van der Waals surface area contributed by atoms with Gasteiger partial charge < -0.3 is 10.0 Å². The summed E-state index contributed by atoms with van der Waals surface area (Å²) in [7, 11) is 0. The number of hydrogen-bond acceptors (Lipinski definition) is 3. The van der Waals surface area contributed by atoms with Crippen LogP contribution in [0.15, 0.2) is 30.3 Å². The van der Waals surface area contributed by atoms with E-state index in [2.05, 4.69) is 0 Å². The summed E-state index contributed by atoms with van der Waals surface area (Å²) in [4.78, 5) is 13.8. The van der Waals surface area contributed by atoms with Gasteiger partial charge in [-0.05, 0) is 18.4 Å². The zero-order valence-corrected chi connectivity index (χ0v) is 10.1. The minimum Gasteiger partial charge on any atom is -0.378 e. The van der Waals surface area contributed by atoms with Crippen LogP contribution in [-0.4, -0.2) is 28.5 Å². The van der Waals surface area contributed by atoms with Crippen molar-refractivity contribution in [1.29, 1.82) is 5.26 Å². The minimum absolute atomic E-state index is 0.212. The Labute approximate surface area is 106 Å². The number of nitriles is 1. The van der Waals surface area contributed by atoms with Crippen molar-refractivity contribution in [3.05, 3.63) is 35.9 Å². The van der Waals surface area contributed by atoms with Crippen LogP contribution >= 0.6 is 0 Å². The summed E-state index contributed by atoms with van der Waals surface area (Å²) in [5, 5.41) is 18.7. The van der Waals surface area contributed by atoms with Crippen LogP contribution in [0.4, 0.5) is 0 Å². The molecule has 1 aromatic rings. The molecule has 0 radical (unpaired) electrons. The van der Waals surface area contributed by atoms with Gasteiger partial charge in [0.1, 0.15) is 0 Å². The van der Waals surface area contributed by atoms with Crippen LogP contribution in [0.2, 0.25) is 0 Å². The van der Waals surface area contributed by atoms with Crippen LogP contribution in [0, 0.1) is 11.3 Å². The first-order valence-electron chi connectivity index (χ1n) is 6.14. The van der Waals surface area contributed by atoms with Crippen molar-refractivity contribution in [2.45, 2.75) is 31.4 Å². The van der Waals surface area contributed by atoms with E-state index in [1.54, 1.807) is 29.2 Å². The summed E-state index contributed by atoms with van der Waals surface area (Å²) in [6, 6.07) is 11.1. The summed E-state index contributed by atoms with van der Waals surface area (Å²) in [6.45, 7) is 0.407. The van der Waals surface area contributed by atoms with Gasteiger partial charge in [0.2, 0.25) is 0 Å². The third-order valence-electron chi connectivity index (χ3n) is 3.08. The number of aliphatic hydroxyl groups excluding tert-OH is 1. The van der Waals surface area contributed by atoms with Gasteiger partial charge in [0.25, 0.3) is 5.91 Å². The lowest BCUT2D eigenvalue weighted by atomic mass is 10.1. The van der Waals surface area contributed by atoms with Crippen molar-refractivity contribution in [3.63, 3.8) is 0 Å². The molecule has 1 aliphatic rings. The first kappa shape index (κ1) is 12.6. The highest BCUT2D eigenvalue weighted by molar-refractivity contribution is 5.82. The lowest BCUT2D eigenvalue weighted by molar-refractivity contribution is -0.141. The molecular formula is C14H16N2O2. The van der Waals surface area contributed by atoms with Crippen molar-refractivity contribution in [1.82, 2.24) is 4.90 Å². The third-order valence-corrected chi connectivity index (χ3v) is 3.08. The number of nitrogens with zero attached hydrogens (tertiary/aromatic N) is 2. The summed E-state index contributed by atoms with van der Waals surface area (Å²) >= 11 is 0. The Morgan fingerprint density at radius 1 is 1.44 bits per heavy atom. The fourth-order valence-electron chi connectivity index (χ4n) is 1.96. The highest BCUT2D eigenvalue weighted by atomic mass is 16.3. The molecule has 18 heavy (non-hydrogen) atoms. The van der Waals surface area contributed by atoms with Crippen molar-refractivity contribution < 1.29 is 9.90 Å². The second-order valence-electron chi connectivity index (χ2n) is 4.48. The summed E-state index contributed by atoms with van der Waals surface area (Å²) in [5.41, 5.74) is 0.602. The molecule has 1 amide bonds. The highest BCUT2D eigenvalue weighted by Crippen LogP contribution is 2.29. The van der Waals surface area contributed by atoms with E-state index in [0.29, 0.717) is 18.5 Å². The first-order valence-corrected chi connectivity index (χ1v) is 6.14. The molecular weight excluding hydrogens is 228 g/mol. The Balaban J connectivity index is 2.06. The normalized spacial score (nSPS) is 15.8. The van der Waals surface area contributed by atoms with Gasteiger partial charge in [-0.25, -0.2) is 0 Å². The number of benzene rings is 1. The number of carbonyl (C=O) groups excluding carboxylic acids is 1. The Kier molecular flexibility index (Phi) is 3.96. The Morgan fingerprint density at radius 3 is 2.67 bits per heavy atom. The first-order chi connectivity index (χ1) is 8.74. The van der Waals surface area contributed by atoms with Gasteiger partial charge in [-0.15, -0.1) is 0 Å². The summed E-state index contributed by atoms with van der Waals surface area (Å²) in [5.74, 6) is -0.293. The molecule has 1 N–H and O–H groups in total. The summed E-state index contributed by atoms with van der Waals surface area (Å²) < 4.78 is 0. The highest BCUT2D eigenvalue weighted by Gasteiger charge is 2.35. The number of rotatable bonds is 5. The standard InChI is InChI=1S/C14H16N2O2/c15-9-4-10-16(12-7-8-12)14(18)13(17)11-5-2-1-3-6-11/h1-3,5-6,12-13,17H,4,7-8,10H2. The van der Waals surface area contributed by atoms with E-state index >= 15 is 0 Å². The zero-order chi connectivity index (χ0) is 13.0. The molecule has 4 nitrogen and oxygen atoms in total. The number of aliphatic hydroxyl groups is 1. The number of carbonyl (C=O) groups is 1. The molecule has 0 heterocycles. The van der Waals surface area contributed by atoms with Gasteiger partial charge in [0, 0.05) is 12.6 Å². The van der Waals surface area contributed by atoms with Crippen molar-refractivity contribution >= 4 is 5.91 Å². The van der Waals surface area contributed by atoms with E-state index in [-0.39, 0.29) is 11.9 Å². The van der Waals surface area contributed by atoms with E-state index in [9.17, 15) is 9.90 Å². The number of hydrogen-bond donors (Lipinski definition) is 1. The average Bonchev–Trinajstić information content (AvgIpc) is 3.24. The monoisotopic (exact) mass is 244 g/mol. The molecule has 1 aliphatic carbocycles. The molecule has 1 saturated carbocycles. The molecule has 1 fully saturated rings. The van der Waals surface area contributed by atoms with Crippen LogP contribution in [-0.2, 0) is 4.79 Å². The lowest BCUT2D eigenvalue weighted by Gasteiger charge is -2.24. The molecule has 2 rings (SSSR count). The van der Waals surface area contributed by atoms with Gasteiger partial charge in [-0.1, -0.05) is 30.3 Å². The van der Waals surface area contributed by atoms with Crippen molar-refractivity contribution in [2.75, 3.05) is 6.54 Å². The zero-order valence-electron chi connectivity index (χ0n) is 10.1. The lowest BCUT2D eigenvalue weighted by Crippen LogP contribution is -2.37. The SMILES string of the molecule is N#CCCN(C(=O)C(O)c1ccccc1)C1CC1. The fraction of sp³-hybridized carbons (Fsp3) is 0.429. The molecule has 4 heteroatoms. The van der Waals surface area contributed by atoms with Crippen molar-refractivity contribution in [2.24, 2.45) is 0 Å². The average molecular weight is 244 g/mol. The largest absolute Gasteiger partial charge is 0.378 e. The second-order valence-corrected chi connectivity index (χ2v) is 4.48. The quantitative estimate of drug-likeness (QED) is 0.856. The maximum Gasteiger partial charge on any atom is 0.256 e. The van der Waals surface area contributed by atoms with Gasteiger partial charge in [-0.2, -0.15) is 5.26 Å². The van der Waals surface area contributed by atoms with Gasteiger partial charge in [0.15, 0.2) is 6.10 Å². The molecule has 0 aromatic heterocycles. The smallest absolute Gasteiger partial charge is 0.256 e. The molecule has 0 aliphatic heterocycles. The van der Waals surface area contributed by atoms with Gasteiger partial charge in [0.05, 0.1) is 12.5 Å². The Hall–Kier alpha value is -1.86. The van der Waals surface area contributed by atoms with E-state index in [1.807, 2.05) is 12.1 Å². The topological polar surface area (TPSA) is 64.3 Å². The molecule has 94 valence electrons. The van der Waals surface area contributed by atoms with E-state index in [4.69, 9.17) is 5.26 Å².